The van der Waals surface area contributed by atoms with Gasteiger partial charge in [-0.05, 0) is 29.2 Å². The third-order valence-corrected chi connectivity index (χ3v) is 6.64. The van der Waals surface area contributed by atoms with Gasteiger partial charge in [-0.25, -0.2) is 19.3 Å². The van der Waals surface area contributed by atoms with Gasteiger partial charge in [0.05, 0.1) is 30.6 Å². The van der Waals surface area contributed by atoms with Gasteiger partial charge in [-0.15, -0.1) is 0 Å². The normalized spacial score (nSPS) is 14.0. The molecular formula is C27H29N5O6. The van der Waals surface area contributed by atoms with E-state index in [1.165, 1.54) is 24.3 Å². The summed E-state index contributed by atoms with van der Waals surface area (Å²) in [5.74, 6) is 1.11. The van der Waals surface area contributed by atoms with Crippen LogP contribution in [0.15, 0.2) is 47.5 Å². The number of rotatable bonds is 6. The molecule has 0 bridgehead atoms. The highest BCUT2D eigenvalue weighted by atomic mass is 16.5. The fourth-order valence-electron chi connectivity index (χ4n) is 4.78. The van der Waals surface area contributed by atoms with Crippen LogP contribution < -0.4 is 10.1 Å². The van der Waals surface area contributed by atoms with Crippen LogP contribution in [0.1, 0.15) is 36.7 Å². The molecule has 0 aliphatic carbocycles. The number of pyridine rings is 1. The predicted octanol–water partition coefficient (Wildman–Crippen LogP) is 4.74. The molecule has 2 N–H and O–H groups in total. The Morgan fingerprint density at radius 1 is 1.16 bits per heavy atom. The number of hydrogen-bond donors (Lipinski definition) is 2. The molecule has 1 saturated heterocycles. The lowest BCUT2D eigenvalue weighted by Gasteiger charge is -2.38. The van der Waals surface area contributed by atoms with Gasteiger partial charge in [-0.2, -0.15) is 0 Å². The summed E-state index contributed by atoms with van der Waals surface area (Å²) in [7, 11) is 3.15. The predicted molar refractivity (Wildman–Crippen MR) is 140 cm³/mol. The highest BCUT2D eigenvalue weighted by molar-refractivity contribution is 6.00. The summed E-state index contributed by atoms with van der Waals surface area (Å²) in [6.45, 7) is 7.12. The van der Waals surface area contributed by atoms with Gasteiger partial charge in [-0.3, -0.25) is 4.79 Å². The van der Waals surface area contributed by atoms with Gasteiger partial charge < -0.3 is 29.2 Å². The number of oxazole rings is 1. The van der Waals surface area contributed by atoms with E-state index in [4.69, 9.17) is 13.9 Å². The quantitative estimate of drug-likeness (QED) is 0.371. The van der Waals surface area contributed by atoms with Gasteiger partial charge in [0.25, 0.3) is 5.91 Å². The Labute approximate surface area is 219 Å². The molecule has 38 heavy (non-hydrogen) atoms. The monoisotopic (exact) mass is 519 g/mol. The average molecular weight is 520 g/mol. The van der Waals surface area contributed by atoms with Gasteiger partial charge in [0.2, 0.25) is 0 Å². The topological polar surface area (TPSA) is 132 Å². The van der Waals surface area contributed by atoms with Crippen LogP contribution >= 0.6 is 0 Å². The number of carbonyl (C=O) groups excluding carboxylic acids is 1. The summed E-state index contributed by atoms with van der Waals surface area (Å²) in [6, 6.07) is 6.79. The van der Waals surface area contributed by atoms with Crippen LogP contribution in [-0.2, 0) is 10.2 Å². The van der Waals surface area contributed by atoms with Crippen molar-refractivity contribution < 1.29 is 28.6 Å². The summed E-state index contributed by atoms with van der Waals surface area (Å²) in [6.07, 6.45) is 3.33. The first-order valence-electron chi connectivity index (χ1n) is 12.1. The molecule has 4 aromatic rings. The van der Waals surface area contributed by atoms with Gasteiger partial charge in [0.1, 0.15) is 17.3 Å². The maximum absolute atomic E-state index is 12.8. The van der Waals surface area contributed by atoms with Crippen LogP contribution in [0.4, 0.5) is 16.3 Å². The van der Waals surface area contributed by atoms with Gasteiger partial charge in [-0.1, -0.05) is 20.8 Å². The molecule has 1 aliphatic heterocycles. The molecule has 0 saturated carbocycles. The molecule has 0 atom stereocenters. The van der Waals surface area contributed by atoms with Crippen LogP contribution in [0.3, 0.4) is 0 Å². The number of likely N-dealkylation sites (tertiary alicyclic amines) is 1. The number of ether oxygens (including phenoxy) is 2. The largest absolute Gasteiger partial charge is 0.495 e. The fourth-order valence-corrected chi connectivity index (χ4v) is 4.78. The second-order valence-electron chi connectivity index (χ2n) is 10.2. The Hall–Kier alpha value is -4.38. The zero-order chi connectivity index (χ0) is 27.2. The molecule has 198 valence electrons. The van der Waals surface area contributed by atoms with E-state index in [1.807, 2.05) is 20.8 Å². The number of nitrogens with one attached hydrogen (secondary N) is 1. The van der Waals surface area contributed by atoms with Crippen molar-refractivity contribution >= 4 is 34.4 Å². The van der Waals surface area contributed by atoms with Gasteiger partial charge >= 0.3 is 6.09 Å². The van der Waals surface area contributed by atoms with Crippen molar-refractivity contribution in [2.24, 2.45) is 0 Å². The number of methoxy groups -OCH3 is 2. The number of hydrogen-bond acceptors (Lipinski definition) is 8. The Bertz CT molecular complexity index is 1510. The minimum Gasteiger partial charge on any atom is -0.495 e. The standard InChI is InChI=1S/C27H29N5O6/c1-27(2,3)23-17-10-29-22(9-19(17)32(26(34)35)24(23)21-11-28-14-38-21)30-18-7-6-15(8-20(18)37-5)25(33)31-12-16(13-31)36-4/h6-11,14,16H,12-13H2,1-5H3,(H,29,30)(H,34,35). The second kappa shape index (κ2) is 9.49. The SMILES string of the molecule is COc1cc(C(=O)N2CC(OC)C2)ccc1Nc1cc2c(cn1)c(C(C)(C)C)c(-c1cnco1)n2C(=O)O. The summed E-state index contributed by atoms with van der Waals surface area (Å²) in [4.78, 5) is 35.5. The van der Waals surface area contributed by atoms with Crippen molar-refractivity contribution in [3.8, 4) is 17.2 Å². The molecule has 1 amide bonds. The average Bonchev–Trinajstić information content (AvgIpc) is 3.49. The summed E-state index contributed by atoms with van der Waals surface area (Å²) >= 11 is 0. The molecule has 0 radical (unpaired) electrons. The molecule has 0 unspecified atom stereocenters. The highest BCUT2D eigenvalue weighted by Gasteiger charge is 2.32. The number of nitrogens with zero attached hydrogens (tertiary/aromatic N) is 4. The third kappa shape index (κ3) is 4.34. The van der Waals surface area contributed by atoms with E-state index in [9.17, 15) is 14.7 Å². The lowest BCUT2D eigenvalue weighted by molar-refractivity contribution is -0.0192. The first-order valence-corrected chi connectivity index (χ1v) is 12.1. The van der Waals surface area contributed by atoms with Crippen molar-refractivity contribution in [2.75, 3.05) is 32.6 Å². The van der Waals surface area contributed by atoms with Crippen LogP contribution in [0.5, 0.6) is 5.75 Å². The van der Waals surface area contributed by atoms with E-state index in [-0.39, 0.29) is 12.0 Å². The highest BCUT2D eigenvalue weighted by Crippen LogP contribution is 2.41. The van der Waals surface area contributed by atoms with Crippen molar-refractivity contribution in [1.82, 2.24) is 19.4 Å². The number of carboxylic acid groups (broad SMARTS) is 1. The molecule has 11 heteroatoms. The second-order valence-corrected chi connectivity index (χ2v) is 10.2. The molecule has 1 aromatic carbocycles. The molecule has 5 rings (SSSR count). The maximum atomic E-state index is 12.8. The number of fused-ring (bicyclic) bond motifs is 1. The Morgan fingerprint density at radius 2 is 1.92 bits per heavy atom. The van der Waals surface area contributed by atoms with Crippen LogP contribution in [0, 0.1) is 0 Å². The van der Waals surface area contributed by atoms with Crippen LogP contribution in [-0.4, -0.2) is 70.0 Å². The lowest BCUT2D eigenvalue weighted by Crippen LogP contribution is -2.54. The third-order valence-electron chi connectivity index (χ3n) is 6.64. The van der Waals surface area contributed by atoms with Crippen molar-refractivity contribution in [1.29, 1.82) is 0 Å². The number of anilines is 2. The smallest absolute Gasteiger partial charge is 0.416 e. The van der Waals surface area contributed by atoms with E-state index in [1.54, 1.807) is 42.5 Å². The number of benzene rings is 1. The van der Waals surface area contributed by atoms with Crippen molar-refractivity contribution in [3.63, 3.8) is 0 Å². The summed E-state index contributed by atoms with van der Waals surface area (Å²) < 4.78 is 17.5. The molecule has 1 fully saturated rings. The molecule has 0 spiro atoms. The molecule has 1 aliphatic rings. The molecule has 11 nitrogen and oxygen atoms in total. The van der Waals surface area contributed by atoms with Crippen molar-refractivity contribution in [3.05, 3.63) is 54.2 Å². The van der Waals surface area contributed by atoms with Crippen LogP contribution in [0.25, 0.3) is 22.4 Å². The number of carbonyl (C=O) groups is 2. The van der Waals surface area contributed by atoms with Gasteiger partial charge in [0.15, 0.2) is 12.2 Å². The Morgan fingerprint density at radius 3 is 2.53 bits per heavy atom. The number of amides is 1. The molecular weight excluding hydrogens is 490 g/mol. The minimum absolute atomic E-state index is 0.0656. The van der Waals surface area contributed by atoms with Crippen LogP contribution in [0.2, 0.25) is 0 Å². The first-order chi connectivity index (χ1) is 18.1. The Kier molecular flexibility index (Phi) is 6.31. The van der Waals surface area contributed by atoms with E-state index >= 15 is 0 Å². The molecule has 3 aromatic heterocycles. The fraction of sp³-hybridized carbons (Fsp3) is 0.333. The van der Waals surface area contributed by atoms with E-state index in [0.29, 0.717) is 58.3 Å². The van der Waals surface area contributed by atoms with Gasteiger partial charge in [0, 0.05) is 43.4 Å². The maximum Gasteiger partial charge on any atom is 0.416 e. The van der Waals surface area contributed by atoms with E-state index in [0.717, 1.165) is 5.56 Å². The van der Waals surface area contributed by atoms with E-state index in [2.05, 4.69) is 15.3 Å². The summed E-state index contributed by atoms with van der Waals surface area (Å²) in [5.41, 5.74) is 2.31. The number of aromatic nitrogens is 3. The Balaban J connectivity index is 1.53. The zero-order valence-electron chi connectivity index (χ0n) is 21.8. The minimum atomic E-state index is -1.16. The molecule has 4 heterocycles. The first kappa shape index (κ1) is 25.3. The van der Waals surface area contributed by atoms with Crippen molar-refractivity contribution in [2.45, 2.75) is 32.3 Å². The van der Waals surface area contributed by atoms with E-state index < -0.39 is 11.5 Å². The lowest BCUT2D eigenvalue weighted by atomic mass is 9.84. The zero-order valence-corrected chi connectivity index (χ0v) is 21.8. The summed E-state index contributed by atoms with van der Waals surface area (Å²) in [5, 5.41) is 14.1.